The highest BCUT2D eigenvalue weighted by atomic mass is 16.6. The first-order valence-corrected chi connectivity index (χ1v) is 7.46. The van der Waals surface area contributed by atoms with Crippen LogP contribution in [0.2, 0.25) is 0 Å². The Morgan fingerprint density at radius 3 is 2.73 bits per heavy atom. The summed E-state index contributed by atoms with van der Waals surface area (Å²) in [5.74, 6) is -0.340. The number of carbonyl (C=O) groups excluding carboxylic acids is 1. The van der Waals surface area contributed by atoms with E-state index in [1.54, 1.807) is 12.1 Å². The number of unbranched alkanes of at least 4 members (excludes halogenated alkanes) is 1. The second-order valence-corrected chi connectivity index (χ2v) is 5.40. The minimum absolute atomic E-state index is 0.0444. The Morgan fingerprint density at radius 1 is 1.45 bits per heavy atom. The van der Waals surface area contributed by atoms with Gasteiger partial charge in [-0.2, -0.15) is 0 Å². The lowest BCUT2D eigenvalue weighted by molar-refractivity contribution is -0.384. The van der Waals surface area contributed by atoms with Crippen molar-refractivity contribution >= 4 is 17.3 Å². The fourth-order valence-electron chi connectivity index (χ4n) is 2.48. The van der Waals surface area contributed by atoms with Crippen molar-refractivity contribution in [1.29, 1.82) is 0 Å². The van der Waals surface area contributed by atoms with E-state index in [2.05, 4.69) is 5.32 Å². The molecule has 1 saturated carbocycles. The molecule has 0 unspecified atom stereocenters. The number of anilines is 1. The molecule has 1 fully saturated rings. The second-order valence-electron chi connectivity index (χ2n) is 5.40. The van der Waals surface area contributed by atoms with Gasteiger partial charge in [0.1, 0.15) is 5.69 Å². The predicted molar refractivity (Wildman–Crippen MR) is 83.2 cm³/mol. The molecule has 1 aliphatic carbocycles. The predicted octanol–water partition coefficient (Wildman–Crippen LogP) is 1.70. The first kappa shape index (κ1) is 16.2. The van der Waals surface area contributed by atoms with Gasteiger partial charge >= 0.3 is 0 Å². The van der Waals surface area contributed by atoms with Gasteiger partial charge in [-0.25, -0.2) is 0 Å². The summed E-state index contributed by atoms with van der Waals surface area (Å²) in [6.45, 7) is 0.793. The number of hydrogen-bond acceptors (Lipinski definition) is 5. The van der Waals surface area contributed by atoms with Crippen LogP contribution in [0.15, 0.2) is 18.2 Å². The summed E-state index contributed by atoms with van der Waals surface area (Å²) in [7, 11) is 1.49. The SMILES string of the molecule is CNC(=O)c1ccc(N(CCCCO)C2CC2)c([N+](=O)[O-])c1. The van der Waals surface area contributed by atoms with Crippen LogP contribution >= 0.6 is 0 Å². The second kappa shape index (κ2) is 7.22. The molecule has 2 rings (SSSR count). The van der Waals surface area contributed by atoms with E-state index in [9.17, 15) is 14.9 Å². The van der Waals surface area contributed by atoms with Crippen molar-refractivity contribution in [2.45, 2.75) is 31.7 Å². The van der Waals surface area contributed by atoms with Crippen LogP contribution < -0.4 is 10.2 Å². The molecule has 7 nitrogen and oxygen atoms in total. The highest BCUT2D eigenvalue weighted by Crippen LogP contribution is 2.37. The van der Waals surface area contributed by atoms with Crippen molar-refractivity contribution in [2.24, 2.45) is 0 Å². The quantitative estimate of drug-likeness (QED) is 0.433. The summed E-state index contributed by atoms with van der Waals surface area (Å²) in [6, 6.07) is 4.92. The van der Waals surface area contributed by atoms with E-state index >= 15 is 0 Å². The Morgan fingerprint density at radius 2 is 2.18 bits per heavy atom. The summed E-state index contributed by atoms with van der Waals surface area (Å²) in [5, 5.41) is 22.7. The summed E-state index contributed by atoms with van der Waals surface area (Å²) in [4.78, 5) is 24.6. The van der Waals surface area contributed by atoms with E-state index in [1.807, 2.05) is 4.90 Å². The van der Waals surface area contributed by atoms with Crippen molar-refractivity contribution in [2.75, 3.05) is 25.1 Å². The molecule has 22 heavy (non-hydrogen) atoms. The lowest BCUT2D eigenvalue weighted by Gasteiger charge is -2.24. The molecule has 0 aromatic heterocycles. The first-order chi connectivity index (χ1) is 10.6. The van der Waals surface area contributed by atoms with Gasteiger partial charge in [0.15, 0.2) is 0 Å². The molecule has 2 N–H and O–H groups in total. The molecule has 120 valence electrons. The molecule has 0 heterocycles. The molecule has 1 aromatic carbocycles. The van der Waals surface area contributed by atoms with Crippen molar-refractivity contribution in [3.8, 4) is 0 Å². The van der Waals surface area contributed by atoms with Gasteiger partial charge in [0.25, 0.3) is 11.6 Å². The topological polar surface area (TPSA) is 95.7 Å². The van der Waals surface area contributed by atoms with Crippen LogP contribution in [0.3, 0.4) is 0 Å². The van der Waals surface area contributed by atoms with Crippen LogP contribution in [-0.4, -0.2) is 42.2 Å². The minimum Gasteiger partial charge on any atom is -0.396 e. The number of aliphatic hydroxyl groups excluding tert-OH is 1. The molecule has 0 radical (unpaired) electrons. The van der Waals surface area contributed by atoms with E-state index in [0.717, 1.165) is 19.3 Å². The van der Waals surface area contributed by atoms with Crippen molar-refractivity contribution in [3.05, 3.63) is 33.9 Å². The van der Waals surface area contributed by atoms with E-state index in [-0.39, 0.29) is 23.8 Å². The van der Waals surface area contributed by atoms with Crippen LogP contribution in [-0.2, 0) is 0 Å². The molecular formula is C15H21N3O4. The molecule has 0 atom stereocenters. The number of amides is 1. The number of hydrogen-bond donors (Lipinski definition) is 2. The van der Waals surface area contributed by atoms with Gasteiger partial charge in [-0.3, -0.25) is 14.9 Å². The summed E-state index contributed by atoms with van der Waals surface area (Å²) >= 11 is 0. The van der Waals surface area contributed by atoms with Gasteiger partial charge < -0.3 is 15.3 Å². The molecule has 1 aliphatic rings. The van der Waals surface area contributed by atoms with Crippen LogP contribution in [0, 0.1) is 10.1 Å². The smallest absolute Gasteiger partial charge is 0.293 e. The molecule has 7 heteroatoms. The zero-order valence-corrected chi connectivity index (χ0v) is 12.6. The minimum atomic E-state index is -0.441. The Kier molecular flexibility index (Phi) is 5.32. The number of carbonyl (C=O) groups is 1. The van der Waals surface area contributed by atoms with Gasteiger partial charge in [0.2, 0.25) is 0 Å². The third-order valence-electron chi connectivity index (χ3n) is 3.77. The first-order valence-electron chi connectivity index (χ1n) is 7.46. The normalized spacial score (nSPS) is 13.7. The lowest BCUT2D eigenvalue weighted by atomic mass is 10.1. The molecule has 0 spiro atoms. The third kappa shape index (κ3) is 3.73. The van der Waals surface area contributed by atoms with E-state index in [0.29, 0.717) is 24.7 Å². The average Bonchev–Trinajstić information content (AvgIpc) is 3.35. The zero-order chi connectivity index (χ0) is 16.1. The number of nitrogens with zero attached hydrogens (tertiary/aromatic N) is 2. The monoisotopic (exact) mass is 307 g/mol. The van der Waals surface area contributed by atoms with Crippen LogP contribution in [0.4, 0.5) is 11.4 Å². The lowest BCUT2D eigenvalue weighted by Crippen LogP contribution is -2.28. The Bertz CT molecular complexity index is 558. The van der Waals surface area contributed by atoms with Gasteiger partial charge in [-0.15, -0.1) is 0 Å². The fourth-order valence-corrected chi connectivity index (χ4v) is 2.48. The van der Waals surface area contributed by atoms with Crippen molar-refractivity contribution in [1.82, 2.24) is 5.32 Å². The third-order valence-corrected chi connectivity index (χ3v) is 3.77. The Balaban J connectivity index is 2.30. The number of nitro benzene ring substituents is 1. The Hall–Kier alpha value is -2.15. The van der Waals surface area contributed by atoms with Crippen LogP contribution in [0.25, 0.3) is 0 Å². The zero-order valence-electron chi connectivity index (χ0n) is 12.6. The van der Waals surface area contributed by atoms with Crippen molar-refractivity contribution in [3.63, 3.8) is 0 Å². The number of benzene rings is 1. The van der Waals surface area contributed by atoms with Gasteiger partial charge in [-0.05, 0) is 37.8 Å². The number of rotatable bonds is 8. The van der Waals surface area contributed by atoms with Crippen LogP contribution in [0.1, 0.15) is 36.0 Å². The van der Waals surface area contributed by atoms with E-state index in [1.165, 1.54) is 13.1 Å². The molecule has 1 aromatic rings. The summed E-state index contributed by atoms with van der Waals surface area (Å²) in [5.41, 5.74) is 0.791. The Labute approximate surface area is 129 Å². The summed E-state index contributed by atoms with van der Waals surface area (Å²) < 4.78 is 0. The van der Waals surface area contributed by atoms with Crippen molar-refractivity contribution < 1.29 is 14.8 Å². The molecule has 0 bridgehead atoms. The standard InChI is InChI=1S/C15H21N3O4/c1-16-15(20)11-4-7-13(14(10-11)18(21)22)17(12-5-6-12)8-2-3-9-19/h4,7,10,12,19H,2-3,5-6,8-9H2,1H3,(H,16,20). The number of aliphatic hydroxyl groups is 1. The maximum Gasteiger partial charge on any atom is 0.293 e. The van der Waals surface area contributed by atoms with E-state index in [4.69, 9.17) is 5.11 Å². The molecule has 1 amide bonds. The largest absolute Gasteiger partial charge is 0.396 e. The number of nitrogens with one attached hydrogen (secondary N) is 1. The van der Waals surface area contributed by atoms with Gasteiger partial charge in [0.05, 0.1) is 4.92 Å². The number of nitro groups is 1. The fraction of sp³-hybridized carbons (Fsp3) is 0.533. The van der Waals surface area contributed by atoms with E-state index < -0.39 is 4.92 Å². The highest BCUT2D eigenvalue weighted by molar-refractivity contribution is 5.95. The molecular weight excluding hydrogens is 286 g/mol. The highest BCUT2D eigenvalue weighted by Gasteiger charge is 2.33. The maximum absolute atomic E-state index is 11.7. The summed E-state index contributed by atoms with van der Waals surface area (Å²) in [6.07, 6.45) is 3.50. The average molecular weight is 307 g/mol. The van der Waals surface area contributed by atoms with Gasteiger partial charge in [-0.1, -0.05) is 0 Å². The van der Waals surface area contributed by atoms with Crippen LogP contribution in [0.5, 0.6) is 0 Å². The maximum atomic E-state index is 11.7. The molecule has 0 aliphatic heterocycles. The van der Waals surface area contributed by atoms with Gasteiger partial charge in [0, 0.05) is 37.9 Å². The molecule has 0 saturated heterocycles.